The number of hydrogen-bond donors (Lipinski definition) is 1. The summed E-state index contributed by atoms with van der Waals surface area (Å²) in [6.07, 6.45) is 0. The molecule has 0 aliphatic carbocycles. The van der Waals surface area contributed by atoms with Gasteiger partial charge < -0.3 is 4.52 Å². The summed E-state index contributed by atoms with van der Waals surface area (Å²) < 4.78 is 6.97. The molecule has 0 unspecified atom stereocenters. The van der Waals surface area contributed by atoms with Gasteiger partial charge in [0, 0.05) is 22.3 Å². The third kappa shape index (κ3) is 4.55. The molecule has 4 rings (SSSR count). The van der Waals surface area contributed by atoms with Crippen LogP contribution in [-0.4, -0.2) is 31.6 Å². The average Bonchev–Trinajstić information content (AvgIpc) is 3.33. The van der Waals surface area contributed by atoms with Gasteiger partial charge in [-0.2, -0.15) is 0 Å². The summed E-state index contributed by atoms with van der Waals surface area (Å²) >= 11 is 7.32. The predicted molar refractivity (Wildman–Crippen MR) is 117 cm³/mol. The van der Waals surface area contributed by atoms with Crippen LogP contribution in [0.2, 0.25) is 5.02 Å². The third-order valence-electron chi connectivity index (χ3n) is 4.22. The van der Waals surface area contributed by atoms with Gasteiger partial charge in [0.25, 0.3) is 0 Å². The van der Waals surface area contributed by atoms with Crippen molar-refractivity contribution in [3.8, 4) is 17.1 Å². The first kappa shape index (κ1) is 20.2. The van der Waals surface area contributed by atoms with Gasteiger partial charge in [0.15, 0.2) is 11.0 Å². The molecule has 0 bridgehead atoms. The van der Waals surface area contributed by atoms with Crippen molar-refractivity contribution in [1.29, 1.82) is 0 Å². The highest BCUT2D eigenvalue weighted by atomic mass is 35.5. The Balaban J connectivity index is 1.62. The van der Waals surface area contributed by atoms with Gasteiger partial charge in [0.05, 0.1) is 11.4 Å². The van der Waals surface area contributed by atoms with E-state index in [0.29, 0.717) is 27.6 Å². The van der Waals surface area contributed by atoms with E-state index in [1.165, 1.54) is 11.8 Å². The molecule has 0 atom stereocenters. The number of aromatic nitrogens is 4. The number of carbonyl (C=O) groups is 1. The van der Waals surface area contributed by atoms with Gasteiger partial charge in [0.2, 0.25) is 11.8 Å². The molecular formula is C21H18ClN5O2S. The zero-order valence-electron chi connectivity index (χ0n) is 16.3. The number of aryl methyl sites for hydroxylation is 2. The molecule has 2 aromatic heterocycles. The van der Waals surface area contributed by atoms with E-state index < -0.39 is 0 Å². The number of thioether (sulfide) groups is 1. The molecule has 30 heavy (non-hydrogen) atoms. The summed E-state index contributed by atoms with van der Waals surface area (Å²) in [7, 11) is 0. The lowest BCUT2D eigenvalue weighted by Crippen LogP contribution is -2.14. The quantitative estimate of drug-likeness (QED) is 0.429. The van der Waals surface area contributed by atoms with Gasteiger partial charge in [-0.05, 0) is 55.8 Å². The molecule has 0 saturated heterocycles. The third-order valence-corrected chi connectivity index (χ3v) is 5.40. The summed E-state index contributed by atoms with van der Waals surface area (Å²) in [6, 6.07) is 17.1. The molecule has 2 aromatic carbocycles. The van der Waals surface area contributed by atoms with Crippen molar-refractivity contribution in [1.82, 2.24) is 19.9 Å². The lowest BCUT2D eigenvalue weighted by molar-refractivity contribution is -0.113. The van der Waals surface area contributed by atoms with Crippen molar-refractivity contribution < 1.29 is 9.32 Å². The average molecular weight is 440 g/mol. The summed E-state index contributed by atoms with van der Waals surface area (Å²) in [6.45, 7) is 3.81. The SMILES string of the molecule is Cc1cccc(-n2c(SCC(=O)Nc3cc(C)no3)nnc2-c2ccc(Cl)cc2)c1. The summed E-state index contributed by atoms with van der Waals surface area (Å²) in [5, 5.41) is 16.4. The molecule has 0 aliphatic rings. The van der Waals surface area contributed by atoms with Crippen LogP contribution < -0.4 is 5.32 Å². The maximum absolute atomic E-state index is 12.3. The van der Waals surface area contributed by atoms with Crippen LogP contribution in [0.25, 0.3) is 17.1 Å². The number of nitrogens with zero attached hydrogens (tertiary/aromatic N) is 4. The number of benzene rings is 2. The number of amides is 1. The van der Waals surface area contributed by atoms with E-state index in [2.05, 4.69) is 20.7 Å². The minimum Gasteiger partial charge on any atom is -0.338 e. The second-order valence-electron chi connectivity index (χ2n) is 6.66. The molecule has 0 aliphatic heterocycles. The predicted octanol–water partition coefficient (Wildman–Crippen LogP) is 4.92. The van der Waals surface area contributed by atoms with E-state index in [-0.39, 0.29) is 11.7 Å². The van der Waals surface area contributed by atoms with Crippen LogP contribution in [0.15, 0.2) is 64.3 Å². The number of carbonyl (C=O) groups excluding carboxylic acids is 1. The van der Waals surface area contributed by atoms with E-state index >= 15 is 0 Å². The Morgan fingerprint density at radius 2 is 1.93 bits per heavy atom. The highest BCUT2D eigenvalue weighted by molar-refractivity contribution is 7.99. The second-order valence-corrected chi connectivity index (χ2v) is 8.04. The zero-order valence-corrected chi connectivity index (χ0v) is 17.9. The van der Waals surface area contributed by atoms with Gasteiger partial charge >= 0.3 is 0 Å². The Hall–Kier alpha value is -3.10. The first-order valence-electron chi connectivity index (χ1n) is 9.14. The lowest BCUT2D eigenvalue weighted by atomic mass is 10.2. The highest BCUT2D eigenvalue weighted by Crippen LogP contribution is 2.29. The van der Waals surface area contributed by atoms with Crippen LogP contribution in [0.3, 0.4) is 0 Å². The number of anilines is 1. The normalized spacial score (nSPS) is 10.9. The summed E-state index contributed by atoms with van der Waals surface area (Å²) in [5.74, 6) is 0.916. The maximum Gasteiger partial charge on any atom is 0.237 e. The van der Waals surface area contributed by atoms with E-state index in [9.17, 15) is 4.79 Å². The molecule has 0 spiro atoms. The summed E-state index contributed by atoms with van der Waals surface area (Å²) in [4.78, 5) is 12.3. The molecule has 1 N–H and O–H groups in total. The van der Waals surface area contributed by atoms with Crippen molar-refractivity contribution in [2.45, 2.75) is 19.0 Å². The fraction of sp³-hybridized carbons (Fsp3) is 0.143. The molecule has 7 nitrogen and oxygen atoms in total. The molecular weight excluding hydrogens is 422 g/mol. The lowest BCUT2D eigenvalue weighted by Gasteiger charge is -2.11. The number of halogens is 1. The fourth-order valence-electron chi connectivity index (χ4n) is 2.88. The smallest absolute Gasteiger partial charge is 0.237 e. The van der Waals surface area contributed by atoms with Crippen molar-refractivity contribution >= 4 is 35.2 Å². The Morgan fingerprint density at radius 3 is 2.63 bits per heavy atom. The molecule has 0 saturated carbocycles. The minimum atomic E-state index is -0.219. The minimum absolute atomic E-state index is 0.143. The van der Waals surface area contributed by atoms with E-state index in [1.807, 2.05) is 60.0 Å². The first-order valence-corrected chi connectivity index (χ1v) is 10.5. The van der Waals surface area contributed by atoms with Crippen LogP contribution in [-0.2, 0) is 4.79 Å². The fourth-order valence-corrected chi connectivity index (χ4v) is 3.75. The molecule has 1 amide bonds. The Kier molecular flexibility index (Phi) is 5.87. The molecule has 9 heteroatoms. The molecule has 0 radical (unpaired) electrons. The van der Waals surface area contributed by atoms with Crippen molar-refractivity contribution in [2.24, 2.45) is 0 Å². The van der Waals surface area contributed by atoms with E-state index in [1.54, 1.807) is 13.0 Å². The number of hydrogen-bond acceptors (Lipinski definition) is 6. The maximum atomic E-state index is 12.3. The molecule has 4 aromatic rings. The van der Waals surface area contributed by atoms with Crippen LogP contribution >= 0.6 is 23.4 Å². The number of nitrogens with one attached hydrogen (secondary N) is 1. The Bertz CT molecular complexity index is 1190. The Morgan fingerprint density at radius 1 is 1.13 bits per heavy atom. The van der Waals surface area contributed by atoms with Crippen molar-refractivity contribution in [2.75, 3.05) is 11.1 Å². The van der Waals surface area contributed by atoms with Gasteiger partial charge in [-0.15, -0.1) is 10.2 Å². The van der Waals surface area contributed by atoms with Gasteiger partial charge in [0.1, 0.15) is 0 Å². The molecule has 152 valence electrons. The topological polar surface area (TPSA) is 85.8 Å². The molecule has 2 heterocycles. The molecule has 0 fully saturated rings. The van der Waals surface area contributed by atoms with Crippen LogP contribution in [0.4, 0.5) is 5.88 Å². The van der Waals surface area contributed by atoms with Gasteiger partial charge in [-0.25, -0.2) is 0 Å². The van der Waals surface area contributed by atoms with Gasteiger partial charge in [-0.1, -0.05) is 40.7 Å². The summed E-state index contributed by atoms with van der Waals surface area (Å²) in [5.41, 5.74) is 3.60. The van der Waals surface area contributed by atoms with E-state index in [0.717, 1.165) is 16.8 Å². The van der Waals surface area contributed by atoms with Crippen molar-refractivity contribution in [3.05, 3.63) is 70.9 Å². The monoisotopic (exact) mass is 439 g/mol. The van der Waals surface area contributed by atoms with Crippen LogP contribution in [0, 0.1) is 13.8 Å². The highest BCUT2D eigenvalue weighted by Gasteiger charge is 2.18. The first-order chi connectivity index (χ1) is 14.5. The van der Waals surface area contributed by atoms with Crippen LogP contribution in [0.1, 0.15) is 11.3 Å². The largest absolute Gasteiger partial charge is 0.338 e. The Labute approximate surface area is 182 Å². The number of rotatable bonds is 6. The second kappa shape index (κ2) is 8.73. The standard InChI is InChI=1S/C21H18ClN5O2S/c1-13-4-3-5-17(10-13)27-20(15-6-8-16(22)9-7-15)24-25-21(27)30-12-18(28)23-19-11-14(2)26-29-19/h3-11H,12H2,1-2H3,(H,23,28). The van der Waals surface area contributed by atoms with Crippen molar-refractivity contribution in [3.63, 3.8) is 0 Å². The van der Waals surface area contributed by atoms with Gasteiger partial charge in [-0.3, -0.25) is 14.7 Å². The van der Waals surface area contributed by atoms with Crippen LogP contribution in [0.5, 0.6) is 0 Å². The zero-order chi connectivity index (χ0) is 21.1. The van der Waals surface area contributed by atoms with E-state index in [4.69, 9.17) is 16.1 Å².